The fourth-order valence-corrected chi connectivity index (χ4v) is 3.13. The first-order valence-corrected chi connectivity index (χ1v) is 8.36. The normalized spacial score (nSPS) is 18.2. The van der Waals surface area contributed by atoms with Crippen molar-refractivity contribution in [1.82, 2.24) is 15.1 Å². The van der Waals surface area contributed by atoms with Crippen molar-refractivity contribution in [3.05, 3.63) is 0 Å². The van der Waals surface area contributed by atoms with Gasteiger partial charge in [-0.05, 0) is 52.9 Å². The van der Waals surface area contributed by atoms with E-state index in [4.69, 9.17) is 5.73 Å². The van der Waals surface area contributed by atoms with Crippen molar-refractivity contribution in [3.8, 4) is 0 Å². The van der Waals surface area contributed by atoms with Crippen LogP contribution in [0.4, 0.5) is 0 Å². The number of nitrogens with two attached hydrogens (primary N) is 1. The predicted octanol–water partition coefficient (Wildman–Crippen LogP) is 0.894. The van der Waals surface area contributed by atoms with Crippen LogP contribution in [-0.2, 0) is 4.79 Å². The fourth-order valence-electron chi connectivity index (χ4n) is 3.13. The summed E-state index contributed by atoms with van der Waals surface area (Å²) in [5, 5.41) is 3.09. The Kier molecular flexibility index (Phi) is 7.63. The van der Waals surface area contributed by atoms with Crippen LogP contribution in [0, 0.1) is 5.41 Å². The molecule has 1 aliphatic rings. The highest BCUT2D eigenvalue weighted by Gasteiger charge is 2.33. The molecule has 124 valence electrons. The van der Waals surface area contributed by atoms with Crippen LogP contribution in [0.3, 0.4) is 0 Å². The van der Waals surface area contributed by atoms with Crippen LogP contribution in [0.2, 0.25) is 0 Å². The minimum Gasteiger partial charge on any atom is -0.354 e. The molecule has 1 aliphatic heterocycles. The van der Waals surface area contributed by atoms with Gasteiger partial charge in [0.15, 0.2) is 0 Å². The summed E-state index contributed by atoms with van der Waals surface area (Å²) in [6.45, 7) is 8.45. The van der Waals surface area contributed by atoms with Crippen LogP contribution >= 0.6 is 0 Å². The Morgan fingerprint density at radius 3 is 2.29 bits per heavy atom. The van der Waals surface area contributed by atoms with E-state index in [0.29, 0.717) is 12.6 Å². The largest absolute Gasteiger partial charge is 0.354 e. The Morgan fingerprint density at radius 2 is 1.86 bits per heavy atom. The lowest BCUT2D eigenvalue weighted by molar-refractivity contribution is -0.131. The second-order valence-corrected chi connectivity index (χ2v) is 6.48. The molecule has 0 atom stereocenters. The molecule has 5 heteroatoms. The number of likely N-dealkylation sites (tertiary alicyclic amines) is 1. The number of carbonyl (C=O) groups is 1. The van der Waals surface area contributed by atoms with Gasteiger partial charge >= 0.3 is 0 Å². The Bertz CT molecular complexity index is 299. The van der Waals surface area contributed by atoms with Crippen molar-refractivity contribution < 1.29 is 4.79 Å². The van der Waals surface area contributed by atoms with Gasteiger partial charge in [-0.25, -0.2) is 0 Å². The maximum absolute atomic E-state index is 12.3. The SMILES string of the molecule is CCC(CC)(CN)C(=O)NCCN1CCC(N(C)C)CC1. The van der Waals surface area contributed by atoms with Crippen LogP contribution in [0.25, 0.3) is 0 Å². The standard InChI is InChI=1S/C16H34N4O/c1-5-16(6-2,13-17)15(21)18-9-12-20-10-7-14(8-11-20)19(3)4/h14H,5-13,17H2,1-4H3,(H,18,21). The summed E-state index contributed by atoms with van der Waals surface area (Å²) < 4.78 is 0. The Balaban J connectivity index is 2.30. The van der Waals surface area contributed by atoms with Gasteiger partial charge in [0, 0.05) is 25.7 Å². The Morgan fingerprint density at radius 1 is 1.29 bits per heavy atom. The van der Waals surface area contributed by atoms with E-state index in [1.165, 1.54) is 12.8 Å². The van der Waals surface area contributed by atoms with E-state index in [9.17, 15) is 4.79 Å². The number of piperidine rings is 1. The van der Waals surface area contributed by atoms with Gasteiger partial charge in [-0.2, -0.15) is 0 Å². The molecular weight excluding hydrogens is 264 g/mol. The molecule has 21 heavy (non-hydrogen) atoms. The molecule has 1 heterocycles. The van der Waals surface area contributed by atoms with Gasteiger partial charge in [-0.3, -0.25) is 4.79 Å². The molecule has 0 bridgehead atoms. The lowest BCUT2D eigenvalue weighted by atomic mass is 9.81. The molecule has 0 aromatic heterocycles. The van der Waals surface area contributed by atoms with Crippen molar-refractivity contribution >= 4 is 5.91 Å². The zero-order valence-electron chi connectivity index (χ0n) is 14.3. The first kappa shape index (κ1) is 18.4. The number of hydrogen-bond acceptors (Lipinski definition) is 4. The summed E-state index contributed by atoms with van der Waals surface area (Å²) in [7, 11) is 4.31. The third-order valence-corrected chi connectivity index (χ3v) is 5.23. The van der Waals surface area contributed by atoms with Gasteiger partial charge < -0.3 is 20.9 Å². The molecule has 0 radical (unpaired) electrons. The van der Waals surface area contributed by atoms with Gasteiger partial charge in [-0.1, -0.05) is 13.8 Å². The first-order chi connectivity index (χ1) is 9.99. The summed E-state index contributed by atoms with van der Waals surface area (Å²) in [4.78, 5) is 17.1. The number of carbonyl (C=O) groups excluding carboxylic acids is 1. The van der Waals surface area contributed by atoms with E-state index in [1.54, 1.807) is 0 Å². The second-order valence-electron chi connectivity index (χ2n) is 6.48. The highest BCUT2D eigenvalue weighted by molar-refractivity contribution is 5.82. The Labute approximate surface area is 130 Å². The average Bonchev–Trinajstić information content (AvgIpc) is 2.50. The van der Waals surface area contributed by atoms with Crippen LogP contribution in [0.15, 0.2) is 0 Å². The van der Waals surface area contributed by atoms with Crippen LogP contribution in [0.5, 0.6) is 0 Å². The predicted molar refractivity (Wildman–Crippen MR) is 88.2 cm³/mol. The average molecular weight is 298 g/mol. The van der Waals surface area contributed by atoms with Crippen LogP contribution in [-0.4, -0.2) is 68.6 Å². The van der Waals surface area contributed by atoms with E-state index in [0.717, 1.165) is 39.0 Å². The maximum Gasteiger partial charge on any atom is 0.227 e. The van der Waals surface area contributed by atoms with E-state index in [-0.39, 0.29) is 11.3 Å². The summed E-state index contributed by atoms with van der Waals surface area (Å²) in [6, 6.07) is 0.709. The van der Waals surface area contributed by atoms with Crippen LogP contribution in [0.1, 0.15) is 39.5 Å². The molecule has 0 aliphatic carbocycles. The highest BCUT2D eigenvalue weighted by atomic mass is 16.2. The number of amides is 1. The van der Waals surface area contributed by atoms with E-state index in [2.05, 4.69) is 29.2 Å². The van der Waals surface area contributed by atoms with Crippen molar-refractivity contribution in [3.63, 3.8) is 0 Å². The maximum atomic E-state index is 12.3. The minimum atomic E-state index is -0.377. The summed E-state index contributed by atoms with van der Waals surface area (Å²) in [6.07, 6.45) is 4.05. The number of nitrogens with zero attached hydrogens (tertiary/aromatic N) is 2. The zero-order valence-corrected chi connectivity index (χ0v) is 14.3. The lowest BCUT2D eigenvalue weighted by Gasteiger charge is -2.35. The summed E-state index contributed by atoms with van der Waals surface area (Å²) in [5.41, 5.74) is 5.43. The monoisotopic (exact) mass is 298 g/mol. The molecular formula is C16H34N4O. The molecule has 0 aromatic carbocycles. The smallest absolute Gasteiger partial charge is 0.227 e. The van der Waals surface area contributed by atoms with E-state index >= 15 is 0 Å². The number of hydrogen-bond donors (Lipinski definition) is 2. The summed E-state index contributed by atoms with van der Waals surface area (Å²) >= 11 is 0. The third-order valence-electron chi connectivity index (χ3n) is 5.23. The first-order valence-electron chi connectivity index (χ1n) is 8.36. The quantitative estimate of drug-likeness (QED) is 0.699. The minimum absolute atomic E-state index is 0.123. The molecule has 0 saturated carbocycles. The van der Waals surface area contributed by atoms with Gasteiger partial charge in [-0.15, -0.1) is 0 Å². The summed E-state index contributed by atoms with van der Waals surface area (Å²) in [5.74, 6) is 0.123. The molecule has 5 nitrogen and oxygen atoms in total. The Hall–Kier alpha value is -0.650. The zero-order chi connectivity index (χ0) is 15.9. The molecule has 0 aromatic rings. The molecule has 0 spiro atoms. The van der Waals surface area contributed by atoms with Crippen LogP contribution < -0.4 is 11.1 Å². The van der Waals surface area contributed by atoms with Crippen molar-refractivity contribution in [1.29, 1.82) is 0 Å². The molecule has 1 rings (SSSR count). The lowest BCUT2D eigenvalue weighted by Crippen LogP contribution is -2.48. The van der Waals surface area contributed by atoms with Gasteiger partial charge in [0.25, 0.3) is 0 Å². The molecule has 1 amide bonds. The van der Waals surface area contributed by atoms with Gasteiger partial charge in [0.05, 0.1) is 5.41 Å². The molecule has 1 saturated heterocycles. The van der Waals surface area contributed by atoms with Crippen molar-refractivity contribution in [2.45, 2.75) is 45.6 Å². The van der Waals surface area contributed by atoms with Crippen molar-refractivity contribution in [2.24, 2.45) is 11.1 Å². The third kappa shape index (κ3) is 4.94. The van der Waals surface area contributed by atoms with Crippen molar-refractivity contribution in [2.75, 3.05) is 46.8 Å². The molecule has 1 fully saturated rings. The van der Waals surface area contributed by atoms with Gasteiger partial charge in [0.2, 0.25) is 5.91 Å². The topological polar surface area (TPSA) is 61.6 Å². The van der Waals surface area contributed by atoms with E-state index < -0.39 is 0 Å². The van der Waals surface area contributed by atoms with E-state index in [1.807, 2.05) is 13.8 Å². The second kappa shape index (κ2) is 8.71. The molecule has 3 N–H and O–H groups in total. The number of nitrogens with one attached hydrogen (secondary N) is 1. The number of rotatable bonds is 8. The van der Waals surface area contributed by atoms with Gasteiger partial charge in [0.1, 0.15) is 0 Å². The fraction of sp³-hybridized carbons (Fsp3) is 0.938. The highest BCUT2D eigenvalue weighted by Crippen LogP contribution is 2.24. The molecule has 0 unspecified atom stereocenters.